The zero-order chi connectivity index (χ0) is 6.78. The molecule has 8 heavy (non-hydrogen) atoms. The molecule has 0 unspecified atom stereocenters. The average molecular weight is 140 g/mol. The molecular weight excluding hydrogens is 136 g/mol. The number of hydrogen-bond acceptors (Lipinski definition) is 4. The van der Waals surface area contributed by atoms with E-state index in [9.17, 15) is 13.2 Å². The van der Waals surface area contributed by atoms with Gasteiger partial charge >= 0.3 is 15.3 Å². The Morgan fingerprint density at radius 2 is 2.00 bits per heavy atom. The lowest BCUT2D eigenvalue weighted by Crippen LogP contribution is -2.34. The van der Waals surface area contributed by atoms with Crippen LogP contribution in [0.25, 0.3) is 0 Å². The summed E-state index contributed by atoms with van der Waals surface area (Å²) in [7, 11) is -4.29. The van der Waals surface area contributed by atoms with Crippen LogP contribution in [0.1, 0.15) is 0 Å². The van der Waals surface area contributed by atoms with E-state index in [0.717, 1.165) is 4.83 Å². The van der Waals surface area contributed by atoms with Crippen molar-refractivity contribution in [2.75, 3.05) is 0 Å². The first-order chi connectivity index (χ1) is 3.50. The summed E-state index contributed by atoms with van der Waals surface area (Å²) in [5.74, 6) is 4.29. The minimum atomic E-state index is -4.29. The number of carboxylic acid groups (broad SMARTS) is 1. The van der Waals surface area contributed by atoms with Gasteiger partial charge in [-0.15, -0.1) is 4.83 Å². The highest BCUT2D eigenvalue weighted by molar-refractivity contribution is 8.03. The van der Waals surface area contributed by atoms with Gasteiger partial charge in [0.05, 0.1) is 0 Å². The Labute approximate surface area is 45.3 Å². The molecule has 0 heterocycles. The number of hydrogen-bond donors (Lipinski definition) is 3. The van der Waals surface area contributed by atoms with Crippen LogP contribution in [0, 0.1) is 0 Å². The summed E-state index contributed by atoms with van der Waals surface area (Å²) in [6, 6.07) is 0. The Hall–Kier alpha value is -0.660. The molecule has 0 aliphatic carbocycles. The molecule has 4 N–H and O–H groups in total. The van der Waals surface area contributed by atoms with Crippen LogP contribution < -0.4 is 10.7 Å². The highest BCUT2D eigenvalue weighted by atomic mass is 32.2. The molecule has 0 rings (SSSR count). The van der Waals surface area contributed by atoms with Crippen LogP contribution in [0.4, 0.5) is 4.79 Å². The topological polar surface area (TPSA) is 109 Å². The Kier molecular flexibility index (Phi) is 1.90. The summed E-state index contributed by atoms with van der Waals surface area (Å²) in [5, 5.41) is 5.72. The van der Waals surface area contributed by atoms with Gasteiger partial charge in [0.2, 0.25) is 0 Å². The molecule has 0 atom stereocenters. The standard InChI is InChI=1S/CH4N2O4S/c2-3-8(6,7)1(4)5/h3H,2H2,(H,4,5). The van der Waals surface area contributed by atoms with Crippen molar-refractivity contribution in [3.05, 3.63) is 0 Å². The minimum absolute atomic E-state index is 1.11. The fourth-order valence-electron chi connectivity index (χ4n) is 0.0504. The van der Waals surface area contributed by atoms with Crippen molar-refractivity contribution in [2.24, 2.45) is 5.84 Å². The molecule has 7 heteroatoms. The van der Waals surface area contributed by atoms with Crippen LogP contribution in [-0.2, 0) is 10.0 Å². The van der Waals surface area contributed by atoms with Gasteiger partial charge in [0.15, 0.2) is 0 Å². The van der Waals surface area contributed by atoms with Crippen molar-refractivity contribution in [3.8, 4) is 0 Å². The monoisotopic (exact) mass is 140 g/mol. The molecular formula is CH4N2O4S. The fourth-order valence-corrected chi connectivity index (χ4v) is 0.151. The van der Waals surface area contributed by atoms with Gasteiger partial charge in [0.25, 0.3) is 0 Å². The van der Waals surface area contributed by atoms with Gasteiger partial charge in [-0.2, -0.15) is 8.42 Å². The van der Waals surface area contributed by atoms with Gasteiger partial charge in [-0.25, -0.2) is 4.79 Å². The summed E-state index contributed by atoms with van der Waals surface area (Å²) in [6.45, 7) is 0. The van der Waals surface area contributed by atoms with Crippen molar-refractivity contribution >= 4 is 15.3 Å². The molecule has 6 nitrogen and oxygen atoms in total. The summed E-state index contributed by atoms with van der Waals surface area (Å²) in [5.41, 5.74) is 0. The number of nitrogens with one attached hydrogen (secondary N) is 1. The van der Waals surface area contributed by atoms with E-state index in [4.69, 9.17) is 5.11 Å². The maximum Gasteiger partial charge on any atom is 0.438 e. The first kappa shape index (κ1) is 7.34. The number of rotatable bonds is 1. The van der Waals surface area contributed by atoms with Gasteiger partial charge in [0.1, 0.15) is 0 Å². The van der Waals surface area contributed by atoms with Crippen LogP contribution >= 0.6 is 0 Å². The third-order valence-electron chi connectivity index (χ3n) is 0.385. The van der Waals surface area contributed by atoms with E-state index in [1.807, 2.05) is 0 Å². The van der Waals surface area contributed by atoms with E-state index in [2.05, 4.69) is 5.84 Å². The normalized spacial score (nSPS) is 11.1. The predicted octanol–water partition coefficient (Wildman–Crippen LogP) is -1.54. The van der Waals surface area contributed by atoms with Crippen LogP contribution in [0.3, 0.4) is 0 Å². The van der Waals surface area contributed by atoms with E-state index in [0.29, 0.717) is 0 Å². The number of nitrogens with two attached hydrogens (primary N) is 1. The molecule has 0 amide bonds. The lowest BCUT2D eigenvalue weighted by molar-refractivity contribution is 0.219. The SMILES string of the molecule is NNS(=O)(=O)C(=O)O. The molecule has 0 aliphatic rings. The summed E-state index contributed by atoms with van der Waals surface area (Å²) in [6.07, 6.45) is 0. The van der Waals surface area contributed by atoms with Crippen LogP contribution in [0.5, 0.6) is 0 Å². The summed E-state index contributed by atoms with van der Waals surface area (Å²) in [4.78, 5) is 10.6. The Bertz CT molecular complexity index is 180. The van der Waals surface area contributed by atoms with Crippen molar-refractivity contribution in [1.29, 1.82) is 0 Å². The molecule has 0 aromatic rings. The lowest BCUT2D eigenvalue weighted by atomic mass is 11.6. The smallest absolute Gasteiger partial charge is 0.438 e. The van der Waals surface area contributed by atoms with Gasteiger partial charge in [-0.1, -0.05) is 0 Å². The van der Waals surface area contributed by atoms with Crippen LogP contribution in [0.2, 0.25) is 0 Å². The van der Waals surface area contributed by atoms with Crippen molar-refractivity contribution in [1.82, 2.24) is 4.83 Å². The Morgan fingerprint density at radius 1 is 1.62 bits per heavy atom. The molecule has 0 aliphatic heterocycles. The largest absolute Gasteiger partial charge is 0.469 e. The van der Waals surface area contributed by atoms with E-state index < -0.39 is 15.3 Å². The highest BCUT2D eigenvalue weighted by Crippen LogP contribution is 1.78. The van der Waals surface area contributed by atoms with E-state index >= 15 is 0 Å². The predicted molar refractivity (Wildman–Crippen MR) is 24.3 cm³/mol. The maximum absolute atomic E-state index is 9.86. The zero-order valence-corrected chi connectivity index (χ0v) is 4.47. The number of carbonyl (C=O) groups is 1. The Balaban J connectivity index is 4.42. The lowest BCUT2D eigenvalue weighted by Gasteiger charge is -1.89. The van der Waals surface area contributed by atoms with Crippen LogP contribution in [0.15, 0.2) is 0 Å². The molecule has 0 aromatic heterocycles. The quantitative estimate of drug-likeness (QED) is 0.302. The van der Waals surface area contributed by atoms with Gasteiger partial charge in [0, 0.05) is 0 Å². The molecule has 0 fully saturated rings. The van der Waals surface area contributed by atoms with E-state index in [1.165, 1.54) is 0 Å². The second-order valence-electron chi connectivity index (χ2n) is 0.887. The maximum atomic E-state index is 9.86. The van der Waals surface area contributed by atoms with Gasteiger partial charge < -0.3 is 5.11 Å². The van der Waals surface area contributed by atoms with Crippen LogP contribution in [-0.4, -0.2) is 18.8 Å². The summed E-state index contributed by atoms with van der Waals surface area (Å²) >= 11 is 0. The summed E-state index contributed by atoms with van der Waals surface area (Å²) < 4.78 is 19.7. The first-order valence-corrected chi connectivity index (χ1v) is 2.94. The van der Waals surface area contributed by atoms with Crippen molar-refractivity contribution in [2.45, 2.75) is 0 Å². The molecule has 0 bridgehead atoms. The minimum Gasteiger partial charge on any atom is -0.469 e. The van der Waals surface area contributed by atoms with Gasteiger partial charge in [-0.05, 0) is 0 Å². The van der Waals surface area contributed by atoms with E-state index in [-0.39, 0.29) is 0 Å². The average Bonchev–Trinajstić information content (AvgIpc) is 1.67. The van der Waals surface area contributed by atoms with E-state index in [1.54, 1.807) is 0 Å². The number of hydrazine groups is 1. The molecule has 0 aromatic carbocycles. The molecule has 48 valence electrons. The first-order valence-electron chi connectivity index (χ1n) is 1.46. The fraction of sp³-hybridized carbons (Fsp3) is 0. The van der Waals surface area contributed by atoms with Crippen molar-refractivity contribution < 1.29 is 18.3 Å². The zero-order valence-electron chi connectivity index (χ0n) is 3.66. The molecule has 0 saturated carbocycles. The molecule has 0 saturated heterocycles. The highest BCUT2D eigenvalue weighted by Gasteiger charge is 2.16. The van der Waals surface area contributed by atoms with Crippen molar-refractivity contribution in [3.63, 3.8) is 0 Å². The third kappa shape index (κ3) is 1.45. The van der Waals surface area contributed by atoms with Gasteiger partial charge in [-0.3, -0.25) is 5.84 Å². The number of sulfonamides is 1. The second kappa shape index (κ2) is 2.07. The molecule has 0 radical (unpaired) electrons. The Morgan fingerprint density at radius 3 is 2.00 bits per heavy atom. The second-order valence-corrected chi connectivity index (χ2v) is 2.48. The molecule has 0 spiro atoms. The third-order valence-corrected chi connectivity index (χ3v) is 1.16.